The molecule has 0 amide bonds. The molecular weight excluding hydrogens is 282 g/mol. The van der Waals surface area contributed by atoms with Gasteiger partial charge in [-0.1, -0.05) is 0 Å². The van der Waals surface area contributed by atoms with E-state index in [2.05, 4.69) is 0 Å². The number of rotatable bonds is 3. The highest BCUT2D eigenvalue weighted by Gasteiger charge is 2.26. The highest BCUT2D eigenvalue weighted by atomic mass is 16.6. The first-order valence-corrected chi connectivity index (χ1v) is 6.46. The van der Waals surface area contributed by atoms with Gasteiger partial charge in [0.05, 0.1) is 30.8 Å². The summed E-state index contributed by atoms with van der Waals surface area (Å²) in [4.78, 5) is 22.3. The molecule has 1 aliphatic heterocycles. The van der Waals surface area contributed by atoms with Crippen LogP contribution in [0, 0.1) is 10.1 Å². The minimum Gasteiger partial charge on any atom is -0.487 e. The fourth-order valence-electron chi connectivity index (χ4n) is 1.82. The van der Waals surface area contributed by atoms with Crippen LogP contribution in [0.2, 0.25) is 0 Å². The number of fused-ring (bicyclic) bond motifs is 1. The lowest BCUT2D eigenvalue weighted by molar-refractivity contribution is -0.385. The topological polar surface area (TPSA) is 97.1 Å². The Bertz CT molecular complexity index is 544. The fourth-order valence-corrected chi connectivity index (χ4v) is 1.82. The Morgan fingerprint density at radius 1 is 1.24 bits per heavy atom. The second-order valence-electron chi connectivity index (χ2n) is 4.10. The zero-order valence-electron chi connectivity index (χ0n) is 11.5. The maximum absolute atomic E-state index is 11.8. The Labute approximate surface area is 120 Å². The molecule has 114 valence electrons. The smallest absolute Gasteiger partial charge is 0.345 e. The monoisotopic (exact) mass is 297 g/mol. The average molecular weight is 297 g/mol. The summed E-state index contributed by atoms with van der Waals surface area (Å²) in [6, 6.07) is 2.45. The predicted molar refractivity (Wildman–Crippen MR) is 70.9 cm³/mol. The van der Waals surface area contributed by atoms with Gasteiger partial charge in [0.25, 0.3) is 5.69 Å². The second kappa shape index (κ2) is 6.89. The lowest BCUT2D eigenvalue weighted by Crippen LogP contribution is -2.10. The molecule has 0 unspecified atom stereocenters. The number of ether oxygens (including phenoxy) is 4. The summed E-state index contributed by atoms with van der Waals surface area (Å²) in [6.45, 7) is 2.98. The molecule has 1 heterocycles. The van der Waals surface area contributed by atoms with Gasteiger partial charge >= 0.3 is 5.97 Å². The van der Waals surface area contributed by atoms with E-state index in [9.17, 15) is 14.9 Å². The van der Waals surface area contributed by atoms with E-state index in [-0.39, 0.29) is 42.6 Å². The Kier molecular flexibility index (Phi) is 4.94. The third kappa shape index (κ3) is 3.60. The van der Waals surface area contributed by atoms with Crippen molar-refractivity contribution in [2.24, 2.45) is 0 Å². The molecule has 0 fully saturated rings. The van der Waals surface area contributed by atoms with E-state index in [1.54, 1.807) is 6.92 Å². The zero-order valence-corrected chi connectivity index (χ0v) is 11.5. The van der Waals surface area contributed by atoms with Crippen molar-refractivity contribution >= 4 is 11.7 Å². The Hall–Kier alpha value is -2.35. The van der Waals surface area contributed by atoms with Gasteiger partial charge in [0, 0.05) is 6.07 Å². The normalized spacial score (nSPS) is 14.5. The predicted octanol–water partition coefficient (Wildman–Crippen LogP) is 1.56. The van der Waals surface area contributed by atoms with Crippen LogP contribution in [0.3, 0.4) is 0 Å². The molecule has 0 aliphatic carbocycles. The standard InChI is InChI=1S/C13H15NO7/c1-2-19-13(15)9-7-11-12(8-10(9)14(16)17)21-6-4-18-3-5-20-11/h7-8H,2-6H2,1H3. The van der Waals surface area contributed by atoms with Crippen LogP contribution in [0.25, 0.3) is 0 Å². The van der Waals surface area contributed by atoms with Crippen LogP contribution in [0.4, 0.5) is 5.69 Å². The van der Waals surface area contributed by atoms with Crippen molar-refractivity contribution in [1.29, 1.82) is 0 Å². The maximum atomic E-state index is 11.8. The quantitative estimate of drug-likeness (QED) is 0.474. The number of carbonyl (C=O) groups is 1. The number of esters is 1. The molecule has 2 rings (SSSR count). The van der Waals surface area contributed by atoms with Gasteiger partial charge in [0.15, 0.2) is 11.5 Å². The molecule has 8 heteroatoms. The largest absolute Gasteiger partial charge is 0.487 e. The maximum Gasteiger partial charge on any atom is 0.345 e. The summed E-state index contributed by atoms with van der Waals surface area (Å²) >= 11 is 0. The summed E-state index contributed by atoms with van der Waals surface area (Å²) < 4.78 is 20.8. The molecule has 0 spiro atoms. The first-order chi connectivity index (χ1) is 10.1. The Balaban J connectivity index is 2.44. The van der Waals surface area contributed by atoms with E-state index in [1.807, 2.05) is 0 Å². The van der Waals surface area contributed by atoms with E-state index >= 15 is 0 Å². The molecule has 1 aliphatic rings. The van der Waals surface area contributed by atoms with Gasteiger partial charge in [-0.25, -0.2) is 4.79 Å². The third-order valence-electron chi connectivity index (χ3n) is 2.72. The summed E-state index contributed by atoms with van der Waals surface area (Å²) in [5, 5.41) is 11.1. The van der Waals surface area contributed by atoms with E-state index in [4.69, 9.17) is 18.9 Å². The summed E-state index contributed by atoms with van der Waals surface area (Å²) in [6.07, 6.45) is 0. The van der Waals surface area contributed by atoms with Crippen molar-refractivity contribution in [1.82, 2.24) is 0 Å². The van der Waals surface area contributed by atoms with Gasteiger partial charge in [-0.2, -0.15) is 0 Å². The van der Waals surface area contributed by atoms with Crippen molar-refractivity contribution in [3.05, 3.63) is 27.8 Å². The number of nitro groups is 1. The van der Waals surface area contributed by atoms with E-state index in [0.29, 0.717) is 13.2 Å². The van der Waals surface area contributed by atoms with Crippen LogP contribution in [0.15, 0.2) is 12.1 Å². The van der Waals surface area contributed by atoms with Crippen LogP contribution in [-0.2, 0) is 9.47 Å². The molecule has 0 aromatic heterocycles. The highest BCUT2D eigenvalue weighted by molar-refractivity contribution is 5.95. The number of nitro benzene ring substituents is 1. The van der Waals surface area contributed by atoms with Crippen molar-refractivity contribution in [3.63, 3.8) is 0 Å². The van der Waals surface area contributed by atoms with Crippen LogP contribution >= 0.6 is 0 Å². The first kappa shape index (κ1) is 15.0. The van der Waals surface area contributed by atoms with Crippen LogP contribution in [-0.4, -0.2) is 43.9 Å². The minimum absolute atomic E-state index is 0.123. The van der Waals surface area contributed by atoms with Crippen molar-refractivity contribution < 1.29 is 28.7 Å². The molecule has 8 nitrogen and oxygen atoms in total. The molecule has 0 atom stereocenters. The molecule has 0 bridgehead atoms. The average Bonchev–Trinajstić information content (AvgIpc) is 2.57. The summed E-state index contributed by atoms with van der Waals surface area (Å²) in [5.74, 6) is -0.305. The molecule has 0 saturated carbocycles. The molecular formula is C13H15NO7. The number of benzene rings is 1. The number of carbonyl (C=O) groups excluding carboxylic acids is 1. The Morgan fingerprint density at radius 3 is 2.43 bits per heavy atom. The third-order valence-corrected chi connectivity index (χ3v) is 2.72. The van der Waals surface area contributed by atoms with Gasteiger partial charge < -0.3 is 18.9 Å². The van der Waals surface area contributed by atoms with Crippen molar-refractivity contribution in [2.45, 2.75) is 6.92 Å². The van der Waals surface area contributed by atoms with Gasteiger partial charge in [0.2, 0.25) is 0 Å². The fraction of sp³-hybridized carbons (Fsp3) is 0.462. The van der Waals surface area contributed by atoms with E-state index in [1.165, 1.54) is 12.1 Å². The first-order valence-electron chi connectivity index (χ1n) is 6.46. The second-order valence-corrected chi connectivity index (χ2v) is 4.10. The lowest BCUT2D eigenvalue weighted by Gasteiger charge is -2.12. The van der Waals surface area contributed by atoms with Crippen LogP contribution < -0.4 is 9.47 Å². The van der Waals surface area contributed by atoms with Gasteiger partial charge in [-0.3, -0.25) is 10.1 Å². The Morgan fingerprint density at radius 2 is 1.86 bits per heavy atom. The SMILES string of the molecule is CCOC(=O)c1cc2c(cc1[N+](=O)[O-])OCCOCCO2. The molecule has 21 heavy (non-hydrogen) atoms. The van der Waals surface area contributed by atoms with E-state index in [0.717, 1.165) is 0 Å². The number of nitrogens with zero attached hydrogens (tertiary/aromatic N) is 1. The zero-order chi connectivity index (χ0) is 15.2. The van der Waals surface area contributed by atoms with Crippen molar-refractivity contribution in [3.8, 4) is 11.5 Å². The van der Waals surface area contributed by atoms with Gasteiger partial charge in [-0.15, -0.1) is 0 Å². The highest BCUT2D eigenvalue weighted by Crippen LogP contribution is 2.35. The van der Waals surface area contributed by atoms with Crippen molar-refractivity contribution in [2.75, 3.05) is 33.0 Å². The molecule has 1 aromatic carbocycles. The van der Waals surface area contributed by atoms with E-state index < -0.39 is 10.9 Å². The molecule has 0 N–H and O–H groups in total. The molecule has 0 saturated heterocycles. The number of hydrogen-bond donors (Lipinski definition) is 0. The number of hydrogen-bond acceptors (Lipinski definition) is 7. The lowest BCUT2D eigenvalue weighted by atomic mass is 10.1. The summed E-state index contributed by atoms with van der Waals surface area (Å²) in [5.41, 5.74) is -0.541. The van der Waals surface area contributed by atoms with Crippen LogP contribution in [0.5, 0.6) is 11.5 Å². The van der Waals surface area contributed by atoms with Gasteiger partial charge in [0.1, 0.15) is 18.8 Å². The van der Waals surface area contributed by atoms with Crippen LogP contribution in [0.1, 0.15) is 17.3 Å². The molecule has 1 aromatic rings. The summed E-state index contributed by atoms with van der Waals surface area (Å²) in [7, 11) is 0. The van der Waals surface area contributed by atoms with Gasteiger partial charge in [-0.05, 0) is 6.92 Å². The minimum atomic E-state index is -0.772. The molecule has 0 radical (unpaired) electrons.